The molecule has 1 aromatic heterocycles. The fourth-order valence-corrected chi connectivity index (χ4v) is 2.99. The highest BCUT2D eigenvalue weighted by molar-refractivity contribution is 7.11. The first-order valence-corrected chi connectivity index (χ1v) is 7.25. The maximum Gasteiger partial charge on any atom is 0.416 e. The molecule has 2 rings (SSSR count). The highest BCUT2D eigenvalue weighted by atomic mass is 32.1. The molecular weight excluding hydrogens is 304 g/mol. The highest BCUT2D eigenvalue weighted by Gasteiger charge is 2.31. The van der Waals surface area contributed by atoms with Crippen molar-refractivity contribution in [2.75, 3.05) is 0 Å². The molecule has 0 aliphatic carbocycles. The zero-order valence-electron chi connectivity index (χ0n) is 11.2. The number of halogens is 4. The number of rotatable bonds is 4. The van der Waals surface area contributed by atoms with Crippen LogP contribution >= 0.6 is 11.3 Å². The minimum atomic E-state index is -4.56. The third-order valence-corrected chi connectivity index (χ3v) is 4.39. The van der Waals surface area contributed by atoms with E-state index in [1.54, 1.807) is 6.07 Å². The highest BCUT2D eigenvalue weighted by Crippen LogP contribution is 2.33. The number of benzene rings is 1. The Morgan fingerprint density at radius 2 is 1.81 bits per heavy atom. The van der Waals surface area contributed by atoms with Crippen molar-refractivity contribution in [3.8, 4) is 0 Å². The van der Waals surface area contributed by atoms with Crippen LogP contribution in [0.5, 0.6) is 0 Å². The molecule has 6 heteroatoms. The molecule has 1 nitrogen and oxygen atoms in total. The third kappa shape index (κ3) is 3.83. The van der Waals surface area contributed by atoms with Crippen LogP contribution in [0.25, 0.3) is 0 Å². The molecule has 2 aromatic rings. The number of aliphatic hydroxyl groups excluding tert-OH is 1. The zero-order valence-corrected chi connectivity index (χ0v) is 12.1. The molecule has 1 heterocycles. The summed E-state index contributed by atoms with van der Waals surface area (Å²) in [6, 6.07) is 5.79. The van der Waals surface area contributed by atoms with Gasteiger partial charge in [-0.1, -0.05) is 6.92 Å². The van der Waals surface area contributed by atoms with E-state index in [0.29, 0.717) is 12.1 Å². The minimum absolute atomic E-state index is 0.100. The predicted octanol–water partition coefficient (Wildman–Crippen LogP) is 4.74. The van der Waals surface area contributed by atoms with Gasteiger partial charge in [0.15, 0.2) is 0 Å². The fraction of sp³-hybridized carbons (Fsp3) is 0.333. The van der Waals surface area contributed by atoms with E-state index in [1.165, 1.54) is 11.3 Å². The normalized spacial score (nSPS) is 13.4. The van der Waals surface area contributed by atoms with E-state index in [9.17, 15) is 22.7 Å². The standard InChI is InChI=1S/C15H14F4OS/c1-2-10-4-5-11(21-10)8-14(20)12-7-9(15(17,18)19)3-6-13(12)16/h3-7,14,20H,2,8H2,1H3. The van der Waals surface area contributed by atoms with Gasteiger partial charge >= 0.3 is 6.18 Å². The quantitative estimate of drug-likeness (QED) is 0.807. The van der Waals surface area contributed by atoms with Gasteiger partial charge in [0.2, 0.25) is 0 Å². The molecule has 0 fully saturated rings. The Bertz CT molecular complexity index is 618. The molecule has 114 valence electrons. The Kier molecular flexibility index (Phi) is 4.68. The van der Waals surface area contributed by atoms with Gasteiger partial charge in [-0.25, -0.2) is 4.39 Å². The number of alkyl halides is 3. The average Bonchev–Trinajstić information content (AvgIpc) is 2.85. The Balaban J connectivity index is 2.23. The number of aryl methyl sites for hydroxylation is 1. The summed E-state index contributed by atoms with van der Waals surface area (Å²) in [5.41, 5.74) is -1.28. The van der Waals surface area contributed by atoms with Gasteiger partial charge in [0.1, 0.15) is 5.82 Å². The molecule has 0 saturated heterocycles. The van der Waals surface area contributed by atoms with Crippen molar-refractivity contribution in [2.24, 2.45) is 0 Å². The smallest absolute Gasteiger partial charge is 0.388 e. The fourth-order valence-electron chi connectivity index (χ4n) is 2.00. The van der Waals surface area contributed by atoms with Crippen LogP contribution in [0.4, 0.5) is 17.6 Å². The molecule has 0 saturated carbocycles. The maximum absolute atomic E-state index is 13.7. The summed E-state index contributed by atoms with van der Waals surface area (Å²) in [5.74, 6) is -0.831. The van der Waals surface area contributed by atoms with E-state index in [2.05, 4.69) is 0 Å². The van der Waals surface area contributed by atoms with Crippen LogP contribution in [-0.2, 0) is 19.0 Å². The van der Waals surface area contributed by atoms with Crippen LogP contribution in [0.2, 0.25) is 0 Å². The molecule has 0 aliphatic rings. The number of aliphatic hydroxyl groups is 1. The monoisotopic (exact) mass is 318 g/mol. The Morgan fingerprint density at radius 1 is 1.14 bits per heavy atom. The van der Waals surface area contributed by atoms with Crippen LogP contribution in [0.15, 0.2) is 30.3 Å². The molecular formula is C15H14F4OS. The van der Waals surface area contributed by atoms with E-state index in [0.717, 1.165) is 22.2 Å². The van der Waals surface area contributed by atoms with Gasteiger partial charge in [-0.15, -0.1) is 11.3 Å². The van der Waals surface area contributed by atoms with Crippen molar-refractivity contribution in [3.05, 3.63) is 57.0 Å². The molecule has 0 aliphatic heterocycles. The van der Waals surface area contributed by atoms with Gasteiger partial charge < -0.3 is 5.11 Å². The van der Waals surface area contributed by atoms with Crippen LogP contribution in [0.3, 0.4) is 0 Å². The van der Waals surface area contributed by atoms with Gasteiger partial charge in [0.25, 0.3) is 0 Å². The van der Waals surface area contributed by atoms with Crippen molar-refractivity contribution in [3.63, 3.8) is 0 Å². The molecule has 1 unspecified atom stereocenters. The summed E-state index contributed by atoms with van der Waals surface area (Å²) in [4.78, 5) is 1.93. The first kappa shape index (κ1) is 16.0. The summed E-state index contributed by atoms with van der Waals surface area (Å²) in [5, 5.41) is 10.0. The van der Waals surface area contributed by atoms with Crippen molar-refractivity contribution >= 4 is 11.3 Å². The van der Waals surface area contributed by atoms with Gasteiger partial charge in [-0.2, -0.15) is 13.2 Å². The second-order valence-electron chi connectivity index (χ2n) is 4.68. The largest absolute Gasteiger partial charge is 0.416 e. The molecule has 0 bridgehead atoms. The van der Waals surface area contributed by atoms with Crippen molar-refractivity contribution < 1.29 is 22.7 Å². The molecule has 21 heavy (non-hydrogen) atoms. The second-order valence-corrected chi connectivity index (χ2v) is 5.93. The predicted molar refractivity (Wildman–Crippen MR) is 73.8 cm³/mol. The van der Waals surface area contributed by atoms with Crippen LogP contribution in [-0.4, -0.2) is 5.11 Å². The lowest BCUT2D eigenvalue weighted by Crippen LogP contribution is -2.09. The van der Waals surface area contributed by atoms with E-state index < -0.39 is 23.7 Å². The van der Waals surface area contributed by atoms with E-state index in [4.69, 9.17) is 0 Å². The lowest BCUT2D eigenvalue weighted by molar-refractivity contribution is -0.137. The van der Waals surface area contributed by atoms with Crippen molar-refractivity contribution in [1.29, 1.82) is 0 Å². The Hall–Kier alpha value is -1.40. The van der Waals surface area contributed by atoms with E-state index in [-0.39, 0.29) is 12.0 Å². The van der Waals surface area contributed by atoms with Crippen LogP contribution < -0.4 is 0 Å². The lowest BCUT2D eigenvalue weighted by atomic mass is 10.0. The molecule has 0 radical (unpaired) electrons. The molecule has 1 atom stereocenters. The van der Waals surface area contributed by atoms with Gasteiger partial charge in [0.05, 0.1) is 11.7 Å². The Labute approximate surface area is 123 Å². The number of hydrogen-bond donors (Lipinski definition) is 1. The minimum Gasteiger partial charge on any atom is -0.388 e. The van der Waals surface area contributed by atoms with Crippen molar-refractivity contribution in [1.82, 2.24) is 0 Å². The number of thiophene rings is 1. The average molecular weight is 318 g/mol. The molecule has 0 spiro atoms. The van der Waals surface area contributed by atoms with Gasteiger partial charge in [0, 0.05) is 21.7 Å². The summed E-state index contributed by atoms with van der Waals surface area (Å²) >= 11 is 1.47. The van der Waals surface area contributed by atoms with Gasteiger partial charge in [-0.05, 0) is 36.8 Å². The maximum atomic E-state index is 13.7. The van der Waals surface area contributed by atoms with Gasteiger partial charge in [-0.3, -0.25) is 0 Å². The van der Waals surface area contributed by atoms with E-state index >= 15 is 0 Å². The topological polar surface area (TPSA) is 20.2 Å². The molecule has 1 aromatic carbocycles. The first-order valence-electron chi connectivity index (χ1n) is 6.43. The molecule has 0 amide bonds. The van der Waals surface area contributed by atoms with Crippen molar-refractivity contribution in [2.45, 2.75) is 32.0 Å². The SMILES string of the molecule is CCc1ccc(CC(O)c2cc(C(F)(F)F)ccc2F)s1. The lowest BCUT2D eigenvalue weighted by Gasteiger charge is -2.14. The Morgan fingerprint density at radius 3 is 2.38 bits per heavy atom. The van der Waals surface area contributed by atoms with Crippen LogP contribution in [0.1, 0.15) is 33.9 Å². The number of hydrogen-bond acceptors (Lipinski definition) is 2. The third-order valence-electron chi connectivity index (χ3n) is 3.14. The van der Waals surface area contributed by atoms with Crippen LogP contribution in [0, 0.1) is 5.82 Å². The van der Waals surface area contributed by atoms with E-state index in [1.807, 2.05) is 13.0 Å². The summed E-state index contributed by atoms with van der Waals surface area (Å²) in [6.45, 7) is 1.98. The second kappa shape index (κ2) is 6.15. The molecule has 1 N–H and O–H groups in total. The summed E-state index contributed by atoms with van der Waals surface area (Å²) in [7, 11) is 0. The summed E-state index contributed by atoms with van der Waals surface area (Å²) in [6.07, 6.45) is -4.90. The first-order chi connectivity index (χ1) is 9.81. The zero-order chi connectivity index (χ0) is 15.6. The summed E-state index contributed by atoms with van der Waals surface area (Å²) < 4.78 is 51.6.